The van der Waals surface area contributed by atoms with Gasteiger partial charge in [0, 0.05) is 7.11 Å². The maximum atomic E-state index is 5.69. The van der Waals surface area contributed by atoms with Gasteiger partial charge in [0.1, 0.15) is 6.10 Å². The largest absolute Gasteiger partial charge is 0.472 e. The number of hydrogen-bond acceptors (Lipinski definition) is 5. The number of methoxy groups -OCH3 is 1. The van der Waals surface area contributed by atoms with Crippen molar-refractivity contribution in [2.75, 3.05) is 19.5 Å². The van der Waals surface area contributed by atoms with E-state index in [2.05, 4.69) is 9.97 Å². The zero-order valence-electron chi connectivity index (χ0n) is 9.88. The minimum absolute atomic E-state index is 0.0855. The Morgan fingerprint density at radius 3 is 2.82 bits per heavy atom. The van der Waals surface area contributed by atoms with Gasteiger partial charge in [0.05, 0.1) is 17.5 Å². The molecule has 2 rings (SSSR count). The summed E-state index contributed by atoms with van der Waals surface area (Å²) in [6, 6.07) is 7.59. The highest BCUT2D eigenvalue weighted by Gasteiger charge is 2.10. The maximum Gasteiger partial charge on any atom is 0.226 e. The number of ether oxygens (including phenoxy) is 2. The van der Waals surface area contributed by atoms with Gasteiger partial charge in [-0.1, -0.05) is 12.1 Å². The van der Waals surface area contributed by atoms with Crippen molar-refractivity contribution >= 4 is 16.9 Å². The van der Waals surface area contributed by atoms with Crippen LogP contribution in [-0.2, 0) is 4.74 Å². The second-order valence-electron chi connectivity index (χ2n) is 3.79. The molecule has 5 heteroatoms. The molecule has 1 aromatic carbocycles. The second-order valence-corrected chi connectivity index (χ2v) is 3.79. The summed E-state index contributed by atoms with van der Waals surface area (Å²) in [5.41, 5.74) is 6.42. The summed E-state index contributed by atoms with van der Waals surface area (Å²) in [7, 11) is 1.63. The fourth-order valence-electron chi connectivity index (χ4n) is 1.61. The minimum Gasteiger partial charge on any atom is -0.472 e. The van der Waals surface area contributed by atoms with E-state index in [0.717, 1.165) is 10.9 Å². The van der Waals surface area contributed by atoms with E-state index >= 15 is 0 Å². The smallest absolute Gasteiger partial charge is 0.226 e. The van der Waals surface area contributed by atoms with Crippen LogP contribution in [0.15, 0.2) is 24.3 Å². The Labute approximate surface area is 99.6 Å². The van der Waals surface area contributed by atoms with Gasteiger partial charge in [-0.15, -0.1) is 0 Å². The molecule has 0 amide bonds. The number of benzene rings is 1. The van der Waals surface area contributed by atoms with E-state index in [0.29, 0.717) is 12.5 Å². The first-order valence-corrected chi connectivity index (χ1v) is 5.38. The lowest BCUT2D eigenvalue weighted by molar-refractivity contribution is 0.0902. The van der Waals surface area contributed by atoms with Crippen LogP contribution < -0.4 is 10.5 Å². The molecule has 0 aliphatic heterocycles. The topological polar surface area (TPSA) is 70.3 Å². The van der Waals surface area contributed by atoms with Gasteiger partial charge >= 0.3 is 0 Å². The van der Waals surface area contributed by atoms with Crippen molar-refractivity contribution in [3.05, 3.63) is 24.3 Å². The Balaban J connectivity index is 2.38. The summed E-state index contributed by atoms with van der Waals surface area (Å²) >= 11 is 0. The molecule has 17 heavy (non-hydrogen) atoms. The molecule has 0 saturated carbocycles. The van der Waals surface area contributed by atoms with E-state index in [-0.39, 0.29) is 12.1 Å². The normalized spacial score (nSPS) is 12.6. The maximum absolute atomic E-state index is 5.69. The minimum atomic E-state index is -0.0855. The molecule has 1 atom stereocenters. The Kier molecular flexibility index (Phi) is 3.39. The molecule has 1 unspecified atom stereocenters. The van der Waals surface area contributed by atoms with Gasteiger partial charge in [-0.2, -0.15) is 4.98 Å². The molecule has 0 fully saturated rings. The number of hydrogen-bond donors (Lipinski definition) is 1. The van der Waals surface area contributed by atoms with Gasteiger partial charge in [-0.3, -0.25) is 0 Å². The molecule has 0 bridgehead atoms. The fourth-order valence-corrected chi connectivity index (χ4v) is 1.61. The van der Waals surface area contributed by atoms with E-state index < -0.39 is 0 Å². The lowest BCUT2D eigenvalue weighted by Gasteiger charge is -2.14. The molecule has 0 aliphatic carbocycles. The van der Waals surface area contributed by atoms with Gasteiger partial charge in [0.15, 0.2) is 0 Å². The van der Waals surface area contributed by atoms with Crippen molar-refractivity contribution in [2.24, 2.45) is 0 Å². The third-order valence-electron chi connectivity index (χ3n) is 2.30. The number of aromatic nitrogens is 2. The summed E-state index contributed by atoms with van der Waals surface area (Å²) in [4.78, 5) is 8.26. The molecule has 90 valence electrons. The molecular weight excluding hydrogens is 218 g/mol. The van der Waals surface area contributed by atoms with Crippen LogP contribution in [0.5, 0.6) is 5.88 Å². The monoisotopic (exact) mass is 233 g/mol. The van der Waals surface area contributed by atoms with E-state index in [1.54, 1.807) is 7.11 Å². The average Bonchev–Trinajstić information content (AvgIpc) is 2.29. The fraction of sp³-hybridized carbons (Fsp3) is 0.333. The van der Waals surface area contributed by atoms with Gasteiger partial charge in [-0.25, -0.2) is 4.98 Å². The second kappa shape index (κ2) is 4.97. The van der Waals surface area contributed by atoms with Crippen LogP contribution in [0.1, 0.15) is 6.92 Å². The van der Waals surface area contributed by atoms with E-state index in [1.807, 2.05) is 31.2 Å². The molecule has 0 spiro atoms. The van der Waals surface area contributed by atoms with Gasteiger partial charge in [-0.05, 0) is 19.1 Å². The number of nitrogens with two attached hydrogens (primary N) is 1. The van der Waals surface area contributed by atoms with Crippen molar-refractivity contribution in [1.29, 1.82) is 0 Å². The molecule has 0 aliphatic rings. The average molecular weight is 233 g/mol. The summed E-state index contributed by atoms with van der Waals surface area (Å²) < 4.78 is 10.7. The quantitative estimate of drug-likeness (QED) is 0.869. The first-order valence-electron chi connectivity index (χ1n) is 5.38. The van der Waals surface area contributed by atoms with Crippen molar-refractivity contribution in [3.63, 3.8) is 0 Å². The Morgan fingerprint density at radius 1 is 1.29 bits per heavy atom. The van der Waals surface area contributed by atoms with Gasteiger partial charge < -0.3 is 15.2 Å². The number of nitrogen functional groups attached to an aromatic ring is 1. The van der Waals surface area contributed by atoms with Crippen LogP contribution in [0.2, 0.25) is 0 Å². The van der Waals surface area contributed by atoms with Crippen molar-refractivity contribution in [1.82, 2.24) is 9.97 Å². The first kappa shape index (κ1) is 11.6. The van der Waals surface area contributed by atoms with E-state index in [4.69, 9.17) is 15.2 Å². The number of nitrogens with zero attached hydrogens (tertiary/aromatic N) is 2. The summed E-state index contributed by atoms with van der Waals surface area (Å²) in [5.74, 6) is 0.709. The summed E-state index contributed by atoms with van der Waals surface area (Å²) in [5, 5.41) is 0.852. The molecule has 2 N–H and O–H groups in total. The third kappa shape index (κ3) is 2.62. The van der Waals surface area contributed by atoms with Crippen molar-refractivity contribution in [2.45, 2.75) is 13.0 Å². The van der Waals surface area contributed by atoms with Crippen LogP contribution in [-0.4, -0.2) is 29.8 Å². The highest BCUT2D eigenvalue weighted by Crippen LogP contribution is 2.23. The molecule has 5 nitrogen and oxygen atoms in total. The Morgan fingerprint density at radius 2 is 2.06 bits per heavy atom. The molecule has 2 aromatic rings. The first-order chi connectivity index (χ1) is 8.20. The molecule has 1 aromatic heterocycles. The highest BCUT2D eigenvalue weighted by atomic mass is 16.5. The van der Waals surface area contributed by atoms with Gasteiger partial charge in [0.25, 0.3) is 0 Å². The van der Waals surface area contributed by atoms with Crippen LogP contribution in [0.3, 0.4) is 0 Å². The number of fused-ring (bicyclic) bond motifs is 1. The van der Waals surface area contributed by atoms with E-state index in [9.17, 15) is 0 Å². The zero-order chi connectivity index (χ0) is 12.3. The number of para-hydroxylation sites is 1. The van der Waals surface area contributed by atoms with E-state index in [1.165, 1.54) is 0 Å². The lowest BCUT2D eigenvalue weighted by Crippen LogP contribution is -2.19. The van der Waals surface area contributed by atoms with Gasteiger partial charge in [0.2, 0.25) is 11.8 Å². The summed E-state index contributed by atoms with van der Waals surface area (Å²) in [6.45, 7) is 2.41. The molecule has 0 radical (unpaired) electrons. The van der Waals surface area contributed by atoms with Crippen LogP contribution in [0.4, 0.5) is 5.95 Å². The molecular formula is C12H15N3O2. The molecule has 1 heterocycles. The Hall–Kier alpha value is -1.88. The predicted octanol–water partition coefficient (Wildman–Crippen LogP) is 1.63. The highest BCUT2D eigenvalue weighted by molar-refractivity contribution is 5.84. The van der Waals surface area contributed by atoms with Crippen LogP contribution in [0, 0.1) is 0 Å². The van der Waals surface area contributed by atoms with Crippen molar-refractivity contribution < 1.29 is 9.47 Å². The standard InChI is InChI=1S/C12H15N3O2/c1-8(7-16-2)17-11-9-5-3-4-6-10(9)14-12(13)15-11/h3-6,8H,7H2,1-2H3,(H2,13,14,15). The SMILES string of the molecule is COCC(C)Oc1nc(N)nc2ccccc12. The summed E-state index contributed by atoms with van der Waals surface area (Å²) in [6.07, 6.45) is -0.0855. The predicted molar refractivity (Wildman–Crippen MR) is 65.9 cm³/mol. The zero-order valence-corrected chi connectivity index (χ0v) is 9.88. The third-order valence-corrected chi connectivity index (χ3v) is 2.30. The molecule has 0 saturated heterocycles. The lowest BCUT2D eigenvalue weighted by atomic mass is 10.2. The van der Waals surface area contributed by atoms with Crippen molar-refractivity contribution in [3.8, 4) is 5.88 Å². The Bertz CT molecular complexity index is 516. The van der Waals surface area contributed by atoms with Crippen LogP contribution >= 0.6 is 0 Å². The number of rotatable bonds is 4. The number of anilines is 1. The van der Waals surface area contributed by atoms with Crippen LogP contribution in [0.25, 0.3) is 10.9 Å².